The molecule has 0 saturated heterocycles. The molecule has 108 valence electrons. The number of ether oxygens (including phenoxy) is 1. The molecule has 1 N–H and O–H groups in total. The smallest absolute Gasteiger partial charge is 0.462 e. The summed E-state index contributed by atoms with van der Waals surface area (Å²) in [4.78, 5) is 14.6. The largest absolute Gasteiger partial charge is 0.479 e. The van der Waals surface area contributed by atoms with Crippen molar-refractivity contribution in [2.45, 2.75) is 12.4 Å². The average Bonchev–Trinajstić information content (AvgIpc) is 2.74. The van der Waals surface area contributed by atoms with E-state index < -0.39 is 23.5 Å². The lowest BCUT2D eigenvalue weighted by Crippen LogP contribution is -2.06. The van der Waals surface area contributed by atoms with E-state index in [2.05, 4.69) is 4.98 Å². The fourth-order valence-corrected chi connectivity index (χ4v) is 2.88. The second-order valence-electron chi connectivity index (χ2n) is 3.52. The van der Waals surface area contributed by atoms with Crippen molar-refractivity contribution >= 4 is 39.4 Å². The third-order valence-electron chi connectivity index (χ3n) is 2.17. The number of aromatic amines is 1. The molecule has 4 nitrogen and oxygen atoms in total. The van der Waals surface area contributed by atoms with Gasteiger partial charge < -0.3 is 8.92 Å². The Morgan fingerprint density at radius 3 is 2.90 bits per heavy atom. The minimum absolute atomic E-state index is 0.0122. The zero-order valence-corrected chi connectivity index (χ0v) is 11.7. The number of esters is 1. The first-order valence-electron chi connectivity index (χ1n) is 5.44. The van der Waals surface area contributed by atoms with Crippen molar-refractivity contribution in [3.05, 3.63) is 23.3 Å². The van der Waals surface area contributed by atoms with E-state index in [4.69, 9.17) is 8.92 Å². The number of halogens is 3. The molecule has 0 spiro atoms. The maximum Gasteiger partial charge on any atom is 0.479 e. The molecule has 2 aromatic heterocycles. The van der Waals surface area contributed by atoms with Crippen molar-refractivity contribution in [2.75, 3.05) is 6.61 Å². The number of thiophene rings is 1. The van der Waals surface area contributed by atoms with Crippen LogP contribution in [0.3, 0.4) is 0 Å². The number of carbonyl (C=O) groups is 1. The number of rotatable bonds is 4. The normalized spacial score (nSPS) is 11.6. The molecule has 2 heterocycles. The fraction of sp³-hybridized carbons (Fsp3) is 0.273. The highest BCUT2D eigenvalue weighted by atomic mass is 32.2. The Kier molecular flexibility index (Phi) is 4.39. The number of pyridine rings is 1. The molecule has 0 radical (unpaired) electrons. The van der Waals surface area contributed by atoms with Gasteiger partial charge in [-0.1, -0.05) is 0 Å². The molecule has 0 atom stereocenters. The van der Waals surface area contributed by atoms with Gasteiger partial charge in [-0.3, -0.25) is 0 Å². The molecule has 2 aromatic rings. The number of H-pyrrole nitrogens is 1. The zero-order chi connectivity index (χ0) is 14.8. The SMILES string of the molecule is CCOC(=O)c1sc2c[nH+]ccc2c1OSC(F)(F)F. The summed E-state index contributed by atoms with van der Waals surface area (Å²) in [7, 11) is 0. The fourth-order valence-electron chi connectivity index (χ4n) is 1.47. The van der Waals surface area contributed by atoms with Crippen LogP contribution < -0.4 is 9.17 Å². The summed E-state index contributed by atoms with van der Waals surface area (Å²) in [5.74, 6) is -0.828. The van der Waals surface area contributed by atoms with Crippen LogP contribution in [0, 0.1) is 0 Å². The van der Waals surface area contributed by atoms with E-state index in [1.165, 1.54) is 6.20 Å². The number of hydrogen-bond donors (Lipinski definition) is 0. The molecule has 0 saturated carbocycles. The minimum atomic E-state index is -4.55. The summed E-state index contributed by atoms with van der Waals surface area (Å²) in [5, 5.41) is 0.425. The Labute approximate surface area is 120 Å². The van der Waals surface area contributed by atoms with Gasteiger partial charge in [0.15, 0.2) is 35.1 Å². The predicted octanol–water partition coefficient (Wildman–Crippen LogP) is 3.44. The van der Waals surface area contributed by atoms with Gasteiger partial charge in [-0.15, -0.1) is 11.3 Å². The summed E-state index contributed by atoms with van der Waals surface area (Å²) < 4.78 is 46.9. The molecule has 0 fully saturated rings. The van der Waals surface area contributed by atoms with Crippen molar-refractivity contribution < 1.29 is 31.9 Å². The number of carbonyl (C=O) groups excluding carboxylic acids is 1. The van der Waals surface area contributed by atoms with Crippen LogP contribution in [0.2, 0.25) is 0 Å². The lowest BCUT2D eigenvalue weighted by molar-refractivity contribution is -0.375. The highest BCUT2D eigenvalue weighted by Crippen LogP contribution is 2.42. The highest BCUT2D eigenvalue weighted by molar-refractivity contribution is 7.95. The second-order valence-corrected chi connectivity index (χ2v) is 5.36. The third kappa shape index (κ3) is 3.34. The monoisotopic (exact) mass is 324 g/mol. The van der Waals surface area contributed by atoms with Crippen LogP contribution in [0.5, 0.6) is 5.75 Å². The Bertz CT molecular complexity index is 627. The summed E-state index contributed by atoms with van der Waals surface area (Å²) in [6.45, 7) is 1.75. The number of alkyl halides is 3. The van der Waals surface area contributed by atoms with Gasteiger partial charge in [-0.2, -0.15) is 13.2 Å². The van der Waals surface area contributed by atoms with E-state index in [1.54, 1.807) is 19.2 Å². The average molecular weight is 324 g/mol. The lowest BCUT2D eigenvalue weighted by atomic mass is 10.3. The second kappa shape index (κ2) is 5.88. The van der Waals surface area contributed by atoms with E-state index in [1.807, 2.05) is 0 Å². The Morgan fingerprint density at radius 2 is 2.25 bits per heavy atom. The third-order valence-corrected chi connectivity index (χ3v) is 3.72. The molecule has 0 aliphatic rings. The van der Waals surface area contributed by atoms with Crippen molar-refractivity contribution in [3.8, 4) is 5.75 Å². The molecular formula is C11H9F3NO3S2+. The van der Waals surface area contributed by atoms with Crippen molar-refractivity contribution in [1.82, 2.24) is 0 Å². The predicted molar refractivity (Wildman–Crippen MR) is 68.6 cm³/mol. The van der Waals surface area contributed by atoms with Crippen LogP contribution in [0.25, 0.3) is 10.1 Å². The summed E-state index contributed by atoms with van der Waals surface area (Å²) in [6, 6.07) is 1.54. The van der Waals surface area contributed by atoms with Crippen LogP contribution in [0.1, 0.15) is 16.6 Å². The van der Waals surface area contributed by atoms with Crippen LogP contribution in [0.4, 0.5) is 13.2 Å². The molecule has 0 amide bonds. The Hall–Kier alpha value is -1.48. The van der Waals surface area contributed by atoms with Crippen LogP contribution >= 0.6 is 23.4 Å². The summed E-state index contributed by atoms with van der Waals surface area (Å²) in [5.41, 5.74) is -4.55. The van der Waals surface area contributed by atoms with Gasteiger partial charge in [0.2, 0.25) is 0 Å². The van der Waals surface area contributed by atoms with Gasteiger partial charge >= 0.3 is 11.5 Å². The number of aromatic nitrogens is 1. The maximum atomic E-state index is 12.2. The van der Waals surface area contributed by atoms with E-state index in [9.17, 15) is 18.0 Å². The quantitative estimate of drug-likeness (QED) is 0.638. The first kappa shape index (κ1) is 14.9. The van der Waals surface area contributed by atoms with E-state index in [0.717, 1.165) is 11.3 Å². The molecule has 0 bridgehead atoms. The molecule has 0 aliphatic heterocycles. The van der Waals surface area contributed by atoms with Crippen LogP contribution in [-0.2, 0) is 4.74 Å². The van der Waals surface area contributed by atoms with E-state index in [0.29, 0.717) is 10.1 Å². The lowest BCUT2D eigenvalue weighted by Gasteiger charge is -2.07. The zero-order valence-electron chi connectivity index (χ0n) is 10.1. The standard InChI is InChI=1S/C11H8F3NO3S2/c1-2-17-10(16)9-8(18-20-11(12,13)14)6-3-4-15-5-7(6)19-9/h3-5H,2H2,1H3/p+1. The van der Waals surface area contributed by atoms with Gasteiger partial charge in [-0.05, 0) is 6.92 Å². The number of nitrogens with one attached hydrogen (secondary N) is 1. The van der Waals surface area contributed by atoms with Gasteiger partial charge in [0, 0.05) is 11.5 Å². The van der Waals surface area contributed by atoms with Crippen LogP contribution in [-0.4, -0.2) is 18.1 Å². The van der Waals surface area contributed by atoms with Gasteiger partial charge in [0.05, 0.1) is 6.61 Å². The van der Waals surface area contributed by atoms with Crippen LogP contribution in [0.15, 0.2) is 18.5 Å². The topological polar surface area (TPSA) is 49.7 Å². The van der Waals surface area contributed by atoms with Gasteiger partial charge in [0.25, 0.3) is 0 Å². The Morgan fingerprint density at radius 1 is 1.50 bits per heavy atom. The molecule has 0 aliphatic carbocycles. The molecule has 2 rings (SSSR count). The van der Waals surface area contributed by atoms with Crippen molar-refractivity contribution in [2.24, 2.45) is 0 Å². The molecule has 20 heavy (non-hydrogen) atoms. The molecular weight excluding hydrogens is 315 g/mol. The van der Waals surface area contributed by atoms with E-state index in [-0.39, 0.29) is 17.2 Å². The Balaban J connectivity index is 2.42. The minimum Gasteiger partial charge on any atom is -0.462 e. The maximum absolute atomic E-state index is 12.2. The van der Waals surface area contributed by atoms with Crippen molar-refractivity contribution in [1.29, 1.82) is 0 Å². The molecule has 0 aromatic carbocycles. The number of hydrogen-bond acceptors (Lipinski definition) is 5. The molecule has 0 unspecified atom stereocenters. The van der Waals surface area contributed by atoms with Gasteiger partial charge in [-0.25, -0.2) is 9.78 Å². The van der Waals surface area contributed by atoms with Crippen molar-refractivity contribution in [3.63, 3.8) is 0 Å². The molecule has 9 heteroatoms. The van der Waals surface area contributed by atoms with E-state index >= 15 is 0 Å². The summed E-state index contributed by atoms with van der Waals surface area (Å²) >= 11 is 0.356. The summed E-state index contributed by atoms with van der Waals surface area (Å²) in [6.07, 6.45) is 3.11. The number of fused-ring (bicyclic) bond motifs is 1. The first-order chi connectivity index (χ1) is 9.42. The first-order valence-corrected chi connectivity index (χ1v) is 7.00. The highest BCUT2D eigenvalue weighted by Gasteiger charge is 2.33. The van der Waals surface area contributed by atoms with Gasteiger partial charge in [0.1, 0.15) is 4.70 Å².